The number of allylic oxidation sites excluding steroid dienone is 2. The second kappa shape index (κ2) is 13.1. The molecule has 3 fully saturated rings. The number of halogens is 1. The van der Waals surface area contributed by atoms with Crippen LogP contribution in [0.5, 0.6) is 5.75 Å². The number of anilines is 2. The molecule has 2 N–H and O–H groups in total. The Morgan fingerprint density at radius 1 is 0.843 bits per heavy atom. The number of aliphatic hydroxyl groups excluding tert-OH is 1. The molecule has 4 aromatic carbocycles. The number of ether oxygens (including phenoxy) is 1. The SMILES string of the molecule is Cc1ccc(NN2C(=O)[C@@H]3C[C@@H]4C(=CC[C@@H]5C(=O)N(c6ccc(I)cc6)C(=O)[C@@H]54)[C@H](c4ccccc4OCCO)[C@]3(c3ccccc3)C2=O)cc1. The van der Waals surface area contributed by atoms with E-state index >= 15 is 4.79 Å². The quantitative estimate of drug-likeness (QED) is 0.125. The zero-order valence-corrected chi connectivity index (χ0v) is 30.0. The van der Waals surface area contributed by atoms with E-state index in [-0.39, 0.29) is 31.4 Å². The van der Waals surface area contributed by atoms with Crippen LogP contribution >= 0.6 is 22.6 Å². The number of fused-ring (bicyclic) bond motifs is 4. The van der Waals surface area contributed by atoms with Gasteiger partial charge >= 0.3 is 0 Å². The normalized spacial score (nSPS) is 26.8. The molecular formula is C41H36IN3O6. The first-order chi connectivity index (χ1) is 24.7. The van der Waals surface area contributed by atoms with E-state index in [1.807, 2.05) is 97.9 Å². The number of amides is 4. The zero-order chi connectivity index (χ0) is 35.4. The Morgan fingerprint density at radius 3 is 2.27 bits per heavy atom. The van der Waals surface area contributed by atoms with Crippen molar-refractivity contribution in [2.75, 3.05) is 23.5 Å². The first kappa shape index (κ1) is 33.3. The lowest BCUT2D eigenvalue weighted by Crippen LogP contribution is -2.53. The average Bonchev–Trinajstić information content (AvgIpc) is 3.53. The van der Waals surface area contributed by atoms with E-state index in [2.05, 4.69) is 28.0 Å². The molecule has 0 aromatic heterocycles. The van der Waals surface area contributed by atoms with E-state index in [0.29, 0.717) is 34.7 Å². The Hall–Kier alpha value is -4.81. The Kier molecular flexibility index (Phi) is 8.54. The molecule has 2 aliphatic carbocycles. The number of nitrogens with zero attached hydrogens (tertiary/aromatic N) is 2. The number of hydrazine groups is 1. The summed E-state index contributed by atoms with van der Waals surface area (Å²) < 4.78 is 7.11. The van der Waals surface area contributed by atoms with Gasteiger partial charge in [-0.1, -0.05) is 77.9 Å². The molecule has 4 amide bonds. The maximum absolute atomic E-state index is 15.3. The molecule has 1 saturated carbocycles. The summed E-state index contributed by atoms with van der Waals surface area (Å²) >= 11 is 2.19. The van der Waals surface area contributed by atoms with Crippen molar-refractivity contribution in [1.29, 1.82) is 0 Å². The minimum atomic E-state index is -1.41. The molecule has 2 saturated heterocycles. The van der Waals surface area contributed by atoms with Crippen LogP contribution in [0.2, 0.25) is 0 Å². The number of hydrogen-bond acceptors (Lipinski definition) is 7. The highest BCUT2D eigenvalue weighted by Gasteiger charge is 2.70. The second-order valence-corrected chi connectivity index (χ2v) is 14.9. The summed E-state index contributed by atoms with van der Waals surface area (Å²) in [6.07, 6.45) is 2.56. The van der Waals surface area contributed by atoms with Crippen molar-refractivity contribution in [1.82, 2.24) is 5.01 Å². The maximum atomic E-state index is 15.3. The van der Waals surface area contributed by atoms with Crippen LogP contribution in [0.25, 0.3) is 0 Å². The third-order valence-electron chi connectivity index (χ3n) is 11.1. The van der Waals surface area contributed by atoms with Crippen molar-refractivity contribution in [3.63, 3.8) is 0 Å². The molecule has 0 unspecified atom stereocenters. The van der Waals surface area contributed by atoms with Crippen molar-refractivity contribution < 1.29 is 29.0 Å². The van der Waals surface area contributed by atoms with Crippen LogP contribution in [0.15, 0.2) is 115 Å². The fraction of sp³-hybridized carbons (Fsp3) is 0.268. The van der Waals surface area contributed by atoms with E-state index in [1.165, 1.54) is 4.90 Å². The van der Waals surface area contributed by atoms with E-state index < -0.39 is 46.8 Å². The van der Waals surface area contributed by atoms with Crippen LogP contribution in [0.3, 0.4) is 0 Å². The van der Waals surface area contributed by atoms with E-state index in [4.69, 9.17) is 4.74 Å². The van der Waals surface area contributed by atoms with Crippen LogP contribution in [0.1, 0.15) is 35.4 Å². The lowest BCUT2D eigenvalue weighted by molar-refractivity contribution is -0.138. The van der Waals surface area contributed by atoms with Crippen LogP contribution < -0.4 is 15.1 Å². The zero-order valence-electron chi connectivity index (χ0n) is 27.9. The van der Waals surface area contributed by atoms with Gasteiger partial charge in [-0.3, -0.25) is 29.5 Å². The monoisotopic (exact) mass is 793 g/mol. The largest absolute Gasteiger partial charge is 0.491 e. The van der Waals surface area contributed by atoms with Gasteiger partial charge in [0, 0.05) is 15.1 Å². The van der Waals surface area contributed by atoms with Crippen molar-refractivity contribution in [2.24, 2.45) is 23.7 Å². The van der Waals surface area contributed by atoms with Gasteiger partial charge in [-0.05, 0) is 96.3 Å². The first-order valence-corrected chi connectivity index (χ1v) is 18.3. The number of benzene rings is 4. The Bertz CT molecular complexity index is 2070. The number of hydrogen-bond donors (Lipinski definition) is 2. The average molecular weight is 794 g/mol. The summed E-state index contributed by atoms with van der Waals surface area (Å²) in [4.78, 5) is 60.1. The number of carbonyl (C=O) groups excluding carboxylic acids is 4. The molecule has 0 radical (unpaired) electrons. The number of nitrogens with one attached hydrogen (secondary N) is 1. The van der Waals surface area contributed by atoms with Crippen LogP contribution in [-0.2, 0) is 24.6 Å². The summed E-state index contributed by atoms with van der Waals surface area (Å²) in [5, 5.41) is 10.9. The summed E-state index contributed by atoms with van der Waals surface area (Å²) in [5.41, 5.74) is 6.08. The lowest BCUT2D eigenvalue weighted by atomic mass is 9.49. The van der Waals surface area contributed by atoms with Crippen LogP contribution in [0, 0.1) is 34.2 Å². The van der Waals surface area contributed by atoms with Gasteiger partial charge in [0.1, 0.15) is 12.4 Å². The standard InChI is InChI=1S/C41H36IN3O6/c1-24-11-15-27(16-12-24)43-45-38(48)33-23-32-29(19-20-31-35(32)39(49)44(37(31)47)28-17-13-26(42)14-18-28)36(30-9-5-6-10-34(30)51-22-21-46)41(33,40(45)50)25-7-3-2-4-8-25/h2-19,31-33,35-36,43,46H,20-23H2,1H3/t31-,32+,33-,35-,36+,41+/m0/s1. The minimum Gasteiger partial charge on any atom is -0.491 e. The predicted molar refractivity (Wildman–Crippen MR) is 199 cm³/mol. The molecular weight excluding hydrogens is 757 g/mol. The summed E-state index contributed by atoms with van der Waals surface area (Å²) in [7, 11) is 0. The maximum Gasteiger partial charge on any atom is 0.260 e. The van der Waals surface area contributed by atoms with Gasteiger partial charge < -0.3 is 9.84 Å². The third-order valence-corrected chi connectivity index (χ3v) is 11.8. The number of imide groups is 2. The Labute approximate surface area is 309 Å². The molecule has 0 spiro atoms. The van der Waals surface area contributed by atoms with E-state index in [1.54, 1.807) is 18.2 Å². The molecule has 4 aliphatic rings. The molecule has 258 valence electrons. The van der Waals surface area contributed by atoms with Crippen molar-refractivity contribution in [3.05, 3.63) is 135 Å². The molecule has 0 bridgehead atoms. The van der Waals surface area contributed by atoms with Gasteiger partial charge in [0.2, 0.25) is 11.8 Å². The van der Waals surface area contributed by atoms with Gasteiger partial charge in [0.25, 0.3) is 11.8 Å². The Balaban J connectivity index is 1.32. The van der Waals surface area contributed by atoms with Gasteiger partial charge in [-0.2, -0.15) is 5.01 Å². The summed E-state index contributed by atoms with van der Waals surface area (Å²) in [6.45, 7) is 1.79. The fourth-order valence-electron chi connectivity index (χ4n) is 8.94. The highest BCUT2D eigenvalue weighted by atomic mass is 127. The van der Waals surface area contributed by atoms with Crippen molar-refractivity contribution in [3.8, 4) is 5.75 Å². The molecule has 10 heteroatoms. The van der Waals surface area contributed by atoms with Crippen LogP contribution in [-0.4, -0.2) is 47.0 Å². The van der Waals surface area contributed by atoms with Gasteiger partial charge in [0.05, 0.1) is 41.2 Å². The fourth-order valence-corrected chi connectivity index (χ4v) is 9.30. The van der Waals surface area contributed by atoms with E-state index in [9.17, 15) is 19.5 Å². The summed E-state index contributed by atoms with van der Waals surface area (Å²) in [5.74, 6) is -4.25. The minimum absolute atomic E-state index is 0.0324. The molecule has 8 rings (SSSR count). The third kappa shape index (κ3) is 5.21. The van der Waals surface area contributed by atoms with Gasteiger partial charge in [-0.15, -0.1) is 0 Å². The van der Waals surface area contributed by atoms with Crippen molar-refractivity contribution in [2.45, 2.75) is 31.1 Å². The van der Waals surface area contributed by atoms with Crippen LogP contribution in [0.4, 0.5) is 11.4 Å². The van der Waals surface area contributed by atoms with Gasteiger partial charge in [-0.25, -0.2) is 0 Å². The van der Waals surface area contributed by atoms with E-state index in [0.717, 1.165) is 19.7 Å². The smallest absolute Gasteiger partial charge is 0.260 e. The van der Waals surface area contributed by atoms with Crippen molar-refractivity contribution >= 4 is 57.6 Å². The molecule has 6 atom stereocenters. The molecule has 2 heterocycles. The molecule has 51 heavy (non-hydrogen) atoms. The lowest BCUT2D eigenvalue weighted by Gasteiger charge is -2.50. The molecule has 4 aromatic rings. The predicted octanol–water partition coefficient (Wildman–Crippen LogP) is 6.16. The number of rotatable bonds is 8. The summed E-state index contributed by atoms with van der Waals surface area (Å²) in [6, 6.07) is 31.6. The Morgan fingerprint density at radius 2 is 1.55 bits per heavy atom. The number of aliphatic hydroxyl groups is 1. The first-order valence-electron chi connectivity index (χ1n) is 17.2. The number of carbonyl (C=O) groups is 4. The molecule has 9 nitrogen and oxygen atoms in total. The topological polar surface area (TPSA) is 116 Å². The number of para-hydroxylation sites is 1. The highest BCUT2D eigenvalue weighted by Crippen LogP contribution is 2.65. The second-order valence-electron chi connectivity index (χ2n) is 13.7. The van der Waals surface area contributed by atoms with Gasteiger partial charge in [0.15, 0.2) is 0 Å². The molecule has 2 aliphatic heterocycles. The number of aryl methyl sites for hydroxylation is 1. The highest BCUT2D eigenvalue weighted by molar-refractivity contribution is 14.1.